The van der Waals surface area contributed by atoms with Crippen LogP contribution in [0.15, 0.2) is 0 Å². The molecule has 1 fully saturated rings. The van der Waals surface area contributed by atoms with Crippen molar-refractivity contribution in [3.63, 3.8) is 0 Å². The van der Waals surface area contributed by atoms with Crippen LogP contribution in [0.1, 0.15) is 0 Å². The number of rotatable bonds is 4. The number of hydrogen-bond donors (Lipinski definition) is 0. The quantitative estimate of drug-likeness (QED) is 0.620. The molecule has 1 aliphatic heterocycles. The predicted octanol–water partition coefficient (Wildman–Crippen LogP) is 0.496. The van der Waals surface area contributed by atoms with Gasteiger partial charge in [0.05, 0.1) is 6.61 Å². The molecule has 0 aromatic heterocycles. The van der Waals surface area contributed by atoms with E-state index in [0.29, 0.717) is 0 Å². The molecule has 13 heavy (non-hydrogen) atoms. The highest BCUT2D eigenvalue weighted by Gasteiger charge is 2.12. The number of piperazine rings is 1. The van der Waals surface area contributed by atoms with Gasteiger partial charge in [0.2, 0.25) is 0 Å². The Kier molecular flexibility index (Phi) is 4.94. The van der Waals surface area contributed by atoms with Crippen LogP contribution in [-0.2, 0) is 4.18 Å². The monoisotopic (exact) mass is 204 g/mol. The van der Waals surface area contributed by atoms with E-state index in [4.69, 9.17) is 4.18 Å². The van der Waals surface area contributed by atoms with Gasteiger partial charge in [-0.2, -0.15) is 0 Å². The molecule has 0 N–H and O–H groups in total. The average molecular weight is 204 g/mol. The molecule has 1 unspecified atom stereocenters. The van der Waals surface area contributed by atoms with Crippen molar-refractivity contribution in [1.82, 2.24) is 9.80 Å². The zero-order valence-corrected chi connectivity index (χ0v) is 9.48. The first kappa shape index (κ1) is 11.2. The third kappa shape index (κ3) is 4.76. The predicted molar refractivity (Wildman–Crippen MR) is 60.5 cm³/mol. The first-order valence-corrected chi connectivity index (χ1v) is 6.41. The molecule has 0 aliphatic carbocycles. The first-order chi connectivity index (χ1) is 6.18. The maximum Gasteiger partial charge on any atom is 0.0733 e. The molecule has 3 nitrogen and oxygen atoms in total. The molecule has 1 aliphatic rings. The lowest BCUT2D eigenvalue weighted by molar-refractivity contribution is 0.138. The smallest absolute Gasteiger partial charge is 0.0733 e. The van der Waals surface area contributed by atoms with E-state index in [9.17, 15) is 0 Å². The second kappa shape index (κ2) is 5.75. The molecule has 0 aromatic carbocycles. The van der Waals surface area contributed by atoms with Crippen molar-refractivity contribution in [3.8, 4) is 0 Å². The van der Waals surface area contributed by atoms with Crippen molar-refractivity contribution in [2.45, 2.75) is 0 Å². The molecule has 0 amide bonds. The van der Waals surface area contributed by atoms with Crippen LogP contribution in [0.3, 0.4) is 0 Å². The lowest BCUT2D eigenvalue weighted by Gasteiger charge is -2.32. The van der Waals surface area contributed by atoms with Gasteiger partial charge in [-0.15, -0.1) is 0 Å². The largest absolute Gasteiger partial charge is 0.322 e. The zero-order valence-electron chi connectivity index (χ0n) is 8.66. The second-order valence-corrected chi connectivity index (χ2v) is 4.92. The first-order valence-electron chi connectivity index (χ1n) is 4.68. The van der Waals surface area contributed by atoms with E-state index < -0.39 is 0 Å². The Morgan fingerprint density at radius 3 is 2.46 bits per heavy atom. The van der Waals surface area contributed by atoms with Crippen LogP contribution in [0, 0.1) is 0 Å². The number of nitrogens with zero attached hydrogens (tertiary/aromatic N) is 2. The number of likely N-dealkylation sites (N-methyl/N-ethyl adjacent to an activating group) is 1. The Morgan fingerprint density at radius 1 is 1.31 bits per heavy atom. The molecule has 0 saturated carbocycles. The van der Waals surface area contributed by atoms with E-state index >= 15 is 0 Å². The molecule has 78 valence electrons. The van der Waals surface area contributed by atoms with Crippen molar-refractivity contribution in [3.05, 3.63) is 0 Å². The van der Waals surface area contributed by atoms with Gasteiger partial charge in [0.15, 0.2) is 0 Å². The summed E-state index contributed by atoms with van der Waals surface area (Å²) < 4.78 is 5.43. The van der Waals surface area contributed by atoms with Crippen molar-refractivity contribution in [2.75, 3.05) is 52.6 Å². The SMILES string of the molecule is C=S(C)OCCN1CCN(C)CC1. The van der Waals surface area contributed by atoms with Crippen LogP contribution in [0.2, 0.25) is 0 Å². The van der Waals surface area contributed by atoms with Crippen LogP contribution >= 0.6 is 10.8 Å². The Bertz CT molecular complexity index is 167. The highest BCUT2D eigenvalue weighted by molar-refractivity contribution is 8.09. The summed E-state index contributed by atoms with van der Waals surface area (Å²) >= 11 is 0. The summed E-state index contributed by atoms with van der Waals surface area (Å²) in [6, 6.07) is 0. The lowest BCUT2D eigenvalue weighted by atomic mass is 10.3. The van der Waals surface area contributed by atoms with Crippen molar-refractivity contribution >= 4 is 16.6 Å². The van der Waals surface area contributed by atoms with Gasteiger partial charge < -0.3 is 9.08 Å². The third-order valence-corrected chi connectivity index (χ3v) is 2.86. The summed E-state index contributed by atoms with van der Waals surface area (Å²) in [4.78, 5) is 4.82. The van der Waals surface area contributed by atoms with Crippen molar-refractivity contribution < 1.29 is 4.18 Å². The van der Waals surface area contributed by atoms with E-state index in [-0.39, 0.29) is 10.8 Å². The Hall–Kier alpha value is 0.1000. The maximum absolute atomic E-state index is 5.43. The fourth-order valence-electron chi connectivity index (χ4n) is 1.38. The van der Waals surface area contributed by atoms with Crippen LogP contribution in [0.5, 0.6) is 0 Å². The van der Waals surface area contributed by atoms with Gasteiger partial charge in [-0.1, -0.05) is 16.6 Å². The molecule has 0 aromatic rings. The fraction of sp³-hybridized carbons (Fsp3) is 0.889. The molecular weight excluding hydrogens is 184 g/mol. The summed E-state index contributed by atoms with van der Waals surface area (Å²) in [6.45, 7) is 6.60. The minimum Gasteiger partial charge on any atom is -0.322 e. The van der Waals surface area contributed by atoms with Gasteiger partial charge in [0.25, 0.3) is 0 Å². The van der Waals surface area contributed by atoms with Gasteiger partial charge in [0.1, 0.15) is 0 Å². The summed E-state index contributed by atoms with van der Waals surface area (Å²) in [5.41, 5.74) is 0. The summed E-state index contributed by atoms with van der Waals surface area (Å²) in [6.07, 6.45) is 2.00. The van der Waals surface area contributed by atoms with Crippen LogP contribution < -0.4 is 0 Å². The Labute approximate surface area is 83.8 Å². The second-order valence-electron chi connectivity index (χ2n) is 3.54. The van der Waals surface area contributed by atoms with E-state index in [1.807, 2.05) is 6.26 Å². The Balaban J connectivity index is 2.05. The normalized spacial score (nSPS) is 23.2. The lowest BCUT2D eigenvalue weighted by Crippen LogP contribution is -2.45. The van der Waals surface area contributed by atoms with Gasteiger partial charge in [-0.25, -0.2) is 0 Å². The standard InChI is InChI=1S/C9H20N2OS/c1-10-4-6-11(7-5-10)8-9-12-13(2)3/h2,4-9H2,1,3H3. The fourth-order valence-corrected chi connectivity index (χ4v) is 1.74. The van der Waals surface area contributed by atoms with E-state index in [0.717, 1.165) is 13.2 Å². The highest BCUT2D eigenvalue weighted by atomic mass is 32.2. The molecule has 0 bridgehead atoms. The summed E-state index contributed by atoms with van der Waals surface area (Å²) in [7, 11) is 2.06. The molecule has 4 heteroatoms. The Morgan fingerprint density at radius 2 is 1.92 bits per heavy atom. The summed E-state index contributed by atoms with van der Waals surface area (Å²) in [5.74, 6) is 3.81. The van der Waals surface area contributed by atoms with E-state index in [2.05, 4.69) is 22.7 Å². The minimum absolute atomic E-state index is 0.114. The van der Waals surface area contributed by atoms with Crippen LogP contribution in [-0.4, -0.2) is 68.3 Å². The van der Waals surface area contributed by atoms with Crippen LogP contribution in [0.25, 0.3) is 0 Å². The highest BCUT2D eigenvalue weighted by Crippen LogP contribution is 2.04. The molecule has 1 heterocycles. The maximum atomic E-state index is 5.43. The average Bonchev–Trinajstić information content (AvgIpc) is 2.08. The van der Waals surface area contributed by atoms with E-state index in [1.165, 1.54) is 26.2 Å². The molecule has 1 rings (SSSR count). The zero-order chi connectivity index (χ0) is 9.68. The molecule has 0 radical (unpaired) electrons. The van der Waals surface area contributed by atoms with Crippen molar-refractivity contribution in [2.24, 2.45) is 0 Å². The summed E-state index contributed by atoms with van der Waals surface area (Å²) in [5, 5.41) is 0. The molecule has 0 spiro atoms. The molecule has 1 saturated heterocycles. The van der Waals surface area contributed by atoms with Gasteiger partial charge in [0, 0.05) is 39.0 Å². The van der Waals surface area contributed by atoms with Crippen LogP contribution in [0.4, 0.5) is 0 Å². The topological polar surface area (TPSA) is 15.7 Å². The minimum atomic E-state index is -0.114. The van der Waals surface area contributed by atoms with Crippen molar-refractivity contribution in [1.29, 1.82) is 0 Å². The number of hydrogen-bond acceptors (Lipinski definition) is 3. The van der Waals surface area contributed by atoms with Gasteiger partial charge in [-0.05, 0) is 7.05 Å². The van der Waals surface area contributed by atoms with Gasteiger partial charge >= 0.3 is 0 Å². The molecular formula is C9H20N2OS. The molecule has 1 atom stereocenters. The van der Waals surface area contributed by atoms with E-state index in [1.54, 1.807) is 0 Å². The van der Waals surface area contributed by atoms with Gasteiger partial charge in [-0.3, -0.25) is 4.90 Å². The third-order valence-electron chi connectivity index (χ3n) is 2.29.